The van der Waals surface area contributed by atoms with Crippen molar-refractivity contribution in [1.29, 1.82) is 5.26 Å². The van der Waals surface area contributed by atoms with Crippen LogP contribution in [0.15, 0.2) is 53.3 Å². The predicted octanol–water partition coefficient (Wildman–Crippen LogP) is 3.64. The van der Waals surface area contributed by atoms with E-state index in [0.29, 0.717) is 15.9 Å². The lowest BCUT2D eigenvalue weighted by Crippen LogP contribution is -2.11. The van der Waals surface area contributed by atoms with Gasteiger partial charge in [0.05, 0.1) is 16.5 Å². The van der Waals surface area contributed by atoms with Crippen LogP contribution in [0.2, 0.25) is 5.02 Å². The fourth-order valence-electron chi connectivity index (χ4n) is 2.13. The minimum atomic E-state index is -0.271. The lowest BCUT2D eigenvalue weighted by atomic mass is 10.1. The average Bonchev–Trinajstić information content (AvgIpc) is 2.52. The monoisotopic (exact) mass is 307 g/mol. The van der Waals surface area contributed by atoms with Crippen LogP contribution in [0.25, 0.3) is 22.6 Å². The van der Waals surface area contributed by atoms with Crippen LogP contribution in [0.1, 0.15) is 11.4 Å². The first kappa shape index (κ1) is 14.1. The number of para-hydroxylation sites is 1. The van der Waals surface area contributed by atoms with Crippen molar-refractivity contribution in [2.75, 3.05) is 0 Å². The molecule has 0 fully saturated rings. The largest absolute Gasteiger partial charge is 0.305 e. The first-order valence-corrected chi connectivity index (χ1v) is 6.92. The van der Waals surface area contributed by atoms with Crippen molar-refractivity contribution in [2.24, 2.45) is 0 Å². The van der Waals surface area contributed by atoms with Gasteiger partial charge in [-0.3, -0.25) is 4.79 Å². The molecule has 0 bridgehead atoms. The summed E-state index contributed by atoms with van der Waals surface area (Å²) in [6, 6.07) is 16.2. The molecule has 0 saturated heterocycles. The van der Waals surface area contributed by atoms with Crippen LogP contribution in [-0.2, 0) is 0 Å². The fraction of sp³-hybridized carbons (Fsp3) is 0. The number of halogens is 1. The summed E-state index contributed by atoms with van der Waals surface area (Å²) in [5.41, 5.74) is 1.31. The second kappa shape index (κ2) is 5.84. The highest BCUT2D eigenvalue weighted by molar-refractivity contribution is 6.30. The van der Waals surface area contributed by atoms with Gasteiger partial charge in [-0.15, -0.1) is 0 Å². The SMILES string of the molecule is N#C/C(=C\c1cccc(Cl)c1)c1nc2ccccc2c(=O)[nH]1. The molecule has 0 amide bonds. The Bertz CT molecular complexity index is 983. The van der Waals surface area contributed by atoms with Crippen molar-refractivity contribution >= 4 is 34.2 Å². The minimum Gasteiger partial charge on any atom is -0.305 e. The van der Waals surface area contributed by atoms with Crippen LogP contribution >= 0.6 is 11.6 Å². The van der Waals surface area contributed by atoms with E-state index in [-0.39, 0.29) is 17.0 Å². The van der Waals surface area contributed by atoms with Gasteiger partial charge in [0.2, 0.25) is 0 Å². The fourth-order valence-corrected chi connectivity index (χ4v) is 2.33. The second-order valence-corrected chi connectivity index (χ2v) is 5.09. The molecule has 0 saturated carbocycles. The van der Waals surface area contributed by atoms with E-state index in [1.54, 1.807) is 48.5 Å². The van der Waals surface area contributed by atoms with Gasteiger partial charge in [-0.2, -0.15) is 5.26 Å². The van der Waals surface area contributed by atoms with Crippen molar-refractivity contribution in [3.63, 3.8) is 0 Å². The molecule has 3 aromatic rings. The average molecular weight is 308 g/mol. The van der Waals surface area contributed by atoms with Crippen molar-refractivity contribution in [1.82, 2.24) is 9.97 Å². The van der Waals surface area contributed by atoms with Gasteiger partial charge in [-0.05, 0) is 35.9 Å². The number of benzene rings is 2. The maximum absolute atomic E-state index is 12.1. The molecule has 5 heteroatoms. The number of nitrogens with one attached hydrogen (secondary N) is 1. The van der Waals surface area contributed by atoms with Crippen LogP contribution in [0.4, 0.5) is 0 Å². The predicted molar refractivity (Wildman–Crippen MR) is 87.3 cm³/mol. The van der Waals surface area contributed by atoms with Crippen LogP contribution < -0.4 is 5.56 Å². The summed E-state index contributed by atoms with van der Waals surface area (Å²) in [5.74, 6) is 0.242. The molecule has 4 nitrogen and oxygen atoms in total. The Balaban J connectivity index is 2.16. The highest BCUT2D eigenvalue weighted by Gasteiger charge is 2.08. The third-order valence-electron chi connectivity index (χ3n) is 3.15. The van der Waals surface area contributed by atoms with Gasteiger partial charge in [0.1, 0.15) is 6.07 Å². The molecule has 0 atom stereocenters. The molecular formula is C17H10ClN3O. The van der Waals surface area contributed by atoms with E-state index in [2.05, 4.69) is 16.0 Å². The number of hydrogen-bond acceptors (Lipinski definition) is 3. The van der Waals surface area contributed by atoms with E-state index in [9.17, 15) is 10.1 Å². The Morgan fingerprint density at radius 1 is 1.23 bits per heavy atom. The normalized spacial score (nSPS) is 11.4. The number of nitriles is 1. The molecule has 0 radical (unpaired) electrons. The smallest absolute Gasteiger partial charge is 0.259 e. The molecule has 0 spiro atoms. The van der Waals surface area contributed by atoms with Gasteiger partial charge in [0.25, 0.3) is 5.56 Å². The van der Waals surface area contributed by atoms with Crippen LogP contribution in [0, 0.1) is 11.3 Å². The molecule has 106 valence electrons. The number of rotatable bonds is 2. The maximum Gasteiger partial charge on any atom is 0.259 e. The lowest BCUT2D eigenvalue weighted by molar-refractivity contribution is 1.13. The molecular weight excluding hydrogens is 298 g/mol. The second-order valence-electron chi connectivity index (χ2n) is 4.66. The molecule has 0 unspecified atom stereocenters. The van der Waals surface area contributed by atoms with E-state index in [1.807, 2.05) is 6.07 Å². The third-order valence-corrected chi connectivity index (χ3v) is 3.38. The lowest BCUT2D eigenvalue weighted by Gasteiger charge is -2.02. The summed E-state index contributed by atoms with van der Waals surface area (Å²) >= 11 is 5.94. The Hall–Kier alpha value is -2.90. The first-order chi connectivity index (χ1) is 10.7. The summed E-state index contributed by atoms with van der Waals surface area (Å²) < 4.78 is 0. The topological polar surface area (TPSA) is 69.5 Å². The van der Waals surface area contributed by atoms with Crippen molar-refractivity contribution in [3.05, 3.63) is 75.3 Å². The number of nitrogens with zero attached hydrogens (tertiary/aromatic N) is 2. The number of aromatic amines is 1. The highest BCUT2D eigenvalue weighted by Crippen LogP contribution is 2.18. The zero-order valence-corrected chi connectivity index (χ0v) is 12.1. The molecule has 2 aromatic carbocycles. The Morgan fingerprint density at radius 3 is 2.82 bits per heavy atom. The molecule has 22 heavy (non-hydrogen) atoms. The highest BCUT2D eigenvalue weighted by atomic mass is 35.5. The van der Waals surface area contributed by atoms with Crippen molar-refractivity contribution in [2.45, 2.75) is 0 Å². The van der Waals surface area contributed by atoms with Gasteiger partial charge in [0, 0.05) is 5.02 Å². The zero-order valence-electron chi connectivity index (χ0n) is 11.4. The van der Waals surface area contributed by atoms with Gasteiger partial charge in [-0.25, -0.2) is 4.98 Å². The summed E-state index contributed by atoms with van der Waals surface area (Å²) in [5, 5.41) is 10.4. The Labute approximate surface area is 131 Å². The summed E-state index contributed by atoms with van der Waals surface area (Å²) in [6.45, 7) is 0. The minimum absolute atomic E-state index is 0.242. The van der Waals surface area contributed by atoms with Crippen LogP contribution in [0.5, 0.6) is 0 Å². The molecule has 0 aliphatic rings. The summed E-state index contributed by atoms with van der Waals surface area (Å²) in [4.78, 5) is 19.1. The molecule has 1 aromatic heterocycles. The molecule has 1 heterocycles. The van der Waals surface area contributed by atoms with Crippen molar-refractivity contribution < 1.29 is 0 Å². The third kappa shape index (κ3) is 2.76. The van der Waals surface area contributed by atoms with E-state index < -0.39 is 0 Å². The van der Waals surface area contributed by atoms with Gasteiger partial charge < -0.3 is 4.98 Å². The zero-order chi connectivity index (χ0) is 15.5. The van der Waals surface area contributed by atoms with E-state index in [4.69, 9.17) is 11.6 Å². The van der Waals surface area contributed by atoms with Gasteiger partial charge in [0.15, 0.2) is 5.82 Å². The van der Waals surface area contributed by atoms with E-state index in [1.165, 1.54) is 0 Å². The number of allylic oxidation sites excluding steroid dienone is 1. The molecule has 0 aliphatic heterocycles. The molecule has 1 N–H and O–H groups in total. The van der Waals surface area contributed by atoms with Crippen LogP contribution in [-0.4, -0.2) is 9.97 Å². The van der Waals surface area contributed by atoms with E-state index >= 15 is 0 Å². The quantitative estimate of drug-likeness (QED) is 0.735. The van der Waals surface area contributed by atoms with Gasteiger partial charge in [-0.1, -0.05) is 35.9 Å². The Kier molecular flexibility index (Phi) is 3.73. The molecule has 3 rings (SSSR count). The number of fused-ring (bicyclic) bond motifs is 1. The number of hydrogen-bond donors (Lipinski definition) is 1. The maximum atomic E-state index is 12.1. The Morgan fingerprint density at radius 2 is 2.05 bits per heavy atom. The number of aromatic nitrogens is 2. The standard InChI is InChI=1S/C17H10ClN3O/c18-13-5-3-4-11(9-13)8-12(10-19)16-20-15-7-2-1-6-14(15)17(22)21-16/h1-9H,(H,20,21,22)/b12-8+. The van der Waals surface area contributed by atoms with Gasteiger partial charge >= 0.3 is 0 Å². The van der Waals surface area contributed by atoms with Crippen LogP contribution in [0.3, 0.4) is 0 Å². The van der Waals surface area contributed by atoms with E-state index in [0.717, 1.165) is 5.56 Å². The summed E-state index contributed by atoms with van der Waals surface area (Å²) in [6.07, 6.45) is 1.64. The summed E-state index contributed by atoms with van der Waals surface area (Å²) in [7, 11) is 0. The number of H-pyrrole nitrogens is 1. The van der Waals surface area contributed by atoms with Crippen molar-refractivity contribution in [3.8, 4) is 6.07 Å². The molecule has 0 aliphatic carbocycles. The first-order valence-electron chi connectivity index (χ1n) is 6.54.